The van der Waals surface area contributed by atoms with E-state index in [2.05, 4.69) is 17.4 Å². The smallest absolute Gasteiger partial charge is 0.307 e. The van der Waals surface area contributed by atoms with Crippen LogP contribution < -0.4 is 10.1 Å². The van der Waals surface area contributed by atoms with E-state index < -0.39 is 5.97 Å². The van der Waals surface area contributed by atoms with Crippen molar-refractivity contribution in [3.8, 4) is 5.75 Å². The second kappa shape index (κ2) is 8.82. The highest BCUT2D eigenvalue weighted by molar-refractivity contribution is 5.86. The van der Waals surface area contributed by atoms with Gasteiger partial charge in [-0.3, -0.25) is 4.79 Å². The van der Waals surface area contributed by atoms with Crippen molar-refractivity contribution in [3.05, 3.63) is 95.1 Å². The molecule has 1 aliphatic rings. The average molecular weight is 400 g/mol. The minimum Gasteiger partial charge on any atom is -0.489 e. The molecule has 0 saturated heterocycles. The lowest BCUT2D eigenvalue weighted by Crippen LogP contribution is -2.04. The minimum absolute atomic E-state index is 0.128. The summed E-state index contributed by atoms with van der Waals surface area (Å²) >= 11 is 0. The van der Waals surface area contributed by atoms with E-state index in [1.54, 1.807) is 0 Å². The number of carboxylic acid groups (broad SMARTS) is 1. The van der Waals surface area contributed by atoms with Gasteiger partial charge in [-0.05, 0) is 47.2 Å². The van der Waals surface area contributed by atoms with Crippen LogP contribution in [-0.2, 0) is 17.9 Å². The number of aliphatic carboxylic acids is 1. The standard InChI is InChI=1S/C25H24N2O3/c26-14-20-7-6-18(12-24(20)27-15-17-4-2-1-3-5-17)16-30-21-10-8-19(9-11-21)22-13-23(22)25(28)29/h1-12,14,22-23,26-27H,13,15-16H2,(H,28,29). The lowest BCUT2D eigenvalue weighted by molar-refractivity contribution is -0.138. The molecule has 5 nitrogen and oxygen atoms in total. The maximum Gasteiger partial charge on any atom is 0.307 e. The van der Waals surface area contributed by atoms with E-state index in [-0.39, 0.29) is 11.8 Å². The van der Waals surface area contributed by atoms with Crippen LogP contribution >= 0.6 is 0 Å². The quantitative estimate of drug-likeness (QED) is 0.438. The molecule has 0 aromatic heterocycles. The lowest BCUT2D eigenvalue weighted by atomic mass is 10.1. The Morgan fingerprint density at radius 3 is 2.50 bits per heavy atom. The van der Waals surface area contributed by atoms with Gasteiger partial charge in [0.25, 0.3) is 0 Å². The molecule has 3 N–H and O–H groups in total. The molecule has 3 aromatic carbocycles. The number of benzene rings is 3. The molecule has 2 unspecified atom stereocenters. The van der Waals surface area contributed by atoms with Crippen molar-refractivity contribution in [1.82, 2.24) is 0 Å². The fourth-order valence-corrected chi connectivity index (χ4v) is 3.58. The van der Waals surface area contributed by atoms with Crippen LogP contribution in [0.15, 0.2) is 72.8 Å². The number of ether oxygens (including phenoxy) is 1. The first-order valence-corrected chi connectivity index (χ1v) is 10.0. The van der Waals surface area contributed by atoms with Gasteiger partial charge in [0.2, 0.25) is 0 Å². The molecule has 4 rings (SSSR count). The Hall–Kier alpha value is -3.60. The molecule has 2 atom stereocenters. The summed E-state index contributed by atoms with van der Waals surface area (Å²) in [6.07, 6.45) is 2.06. The Kier molecular flexibility index (Phi) is 5.80. The van der Waals surface area contributed by atoms with Crippen LogP contribution in [0.1, 0.15) is 34.6 Å². The molecule has 152 valence electrons. The first-order chi connectivity index (χ1) is 14.6. The number of carboxylic acids is 1. The van der Waals surface area contributed by atoms with Gasteiger partial charge >= 0.3 is 5.97 Å². The Morgan fingerprint density at radius 2 is 1.83 bits per heavy atom. The van der Waals surface area contributed by atoms with Crippen molar-refractivity contribution in [2.75, 3.05) is 5.32 Å². The zero-order valence-electron chi connectivity index (χ0n) is 16.5. The molecule has 1 saturated carbocycles. The zero-order chi connectivity index (χ0) is 20.9. The van der Waals surface area contributed by atoms with Gasteiger partial charge in [-0.25, -0.2) is 0 Å². The Labute approximate surface area is 175 Å². The predicted molar refractivity (Wildman–Crippen MR) is 117 cm³/mol. The van der Waals surface area contributed by atoms with Crippen LogP contribution in [0.4, 0.5) is 5.69 Å². The Bertz CT molecular complexity index is 1030. The fourth-order valence-electron chi connectivity index (χ4n) is 3.58. The summed E-state index contributed by atoms with van der Waals surface area (Å²) < 4.78 is 5.91. The molecule has 30 heavy (non-hydrogen) atoms. The van der Waals surface area contributed by atoms with Gasteiger partial charge < -0.3 is 20.6 Å². The van der Waals surface area contributed by atoms with Gasteiger partial charge in [-0.15, -0.1) is 0 Å². The van der Waals surface area contributed by atoms with E-state index in [4.69, 9.17) is 15.3 Å². The van der Waals surface area contributed by atoms with Gasteiger partial charge in [-0.1, -0.05) is 54.6 Å². The van der Waals surface area contributed by atoms with Crippen LogP contribution in [0.2, 0.25) is 0 Å². The van der Waals surface area contributed by atoms with Crippen LogP contribution in [0.3, 0.4) is 0 Å². The van der Waals surface area contributed by atoms with Crippen molar-refractivity contribution in [2.24, 2.45) is 5.92 Å². The molecule has 5 heteroatoms. The van der Waals surface area contributed by atoms with Gasteiger partial charge in [0.15, 0.2) is 0 Å². The van der Waals surface area contributed by atoms with Crippen molar-refractivity contribution >= 4 is 17.9 Å². The van der Waals surface area contributed by atoms with Crippen molar-refractivity contribution in [3.63, 3.8) is 0 Å². The summed E-state index contributed by atoms with van der Waals surface area (Å²) in [4.78, 5) is 11.0. The van der Waals surface area contributed by atoms with E-state index in [0.29, 0.717) is 19.6 Å². The Morgan fingerprint density at radius 1 is 1.07 bits per heavy atom. The van der Waals surface area contributed by atoms with Crippen LogP contribution in [0.25, 0.3) is 0 Å². The van der Waals surface area contributed by atoms with Crippen molar-refractivity contribution in [1.29, 1.82) is 5.41 Å². The second-order valence-electron chi connectivity index (χ2n) is 7.55. The third-order valence-corrected chi connectivity index (χ3v) is 5.42. The molecule has 0 spiro atoms. The van der Waals surface area contributed by atoms with E-state index in [1.807, 2.05) is 60.7 Å². The number of carbonyl (C=O) groups is 1. The summed E-state index contributed by atoms with van der Waals surface area (Å²) in [5.41, 5.74) is 4.97. The van der Waals surface area contributed by atoms with Crippen LogP contribution in [-0.4, -0.2) is 17.3 Å². The fraction of sp³-hybridized carbons (Fsp3) is 0.200. The van der Waals surface area contributed by atoms with Crippen LogP contribution in [0, 0.1) is 11.3 Å². The summed E-state index contributed by atoms with van der Waals surface area (Å²) in [5, 5.41) is 20.1. The number of rotatable bonds is 9. The normalized spacial score (nSPS) is 17.2. The number of nitrogens with one attached hydrogen (secondary N) is 2. The molecular weight excluding hydrogens is 376 g/mol. The predicted octanol–water partition coefficient (Wildman–Crippen LogP) is 5.06. The molecule has 0 amide bonds. The van der Waals surface area contributed by atoms with E-state index in [9.17, 15) is 4.79 Å². The minimum atomic E-state index is -0.717. The number of anilines is 1. The summed E-state index contributed by atoms with van der Waals surface area (Å²) in [7, 11) is 0. The first kappa shape index (κ1) is 19.7. The monoisotopic (exact) mass is 400 g/mol. The third-order valence-electron chi connectivity index (χ3n) is 5.42. The highest BCUT2D eigenvalue weighted by atomic mass is 16.5. The SMILES string of the molecule is N=Cc1ccc(COc2ccc(C3CC3C(=O)O)cc2)cc1NCc1ccccc1. The maximum absolute atomic E-state index is 11.0. The highest BCUT2D eigenvalue weighted by Gasteiger charge is 2.44. The van der Waals surface area contributed by atoms with Crippen LogP contribution in [0.5, 0.6) is 5.75 Å². The van der Waals surface area contributed by atoms with Gasteiger partial charge in [0.1, 0.15) is 12.4 Å². The second-order valence-corrected chi connectivity index (χ2v) is 7.55. The first-order valence-electron chi connectivity index (χ1n) is 10.0. The highest BCUT2D eigenvalue weighted by Crippen LogP contribution is 2.47. The van der Waals surface area contributed by atoms with E-state index >= 15 is 0 Å². The summed E-state index contributed by atoms with van der Waals surface area (Å²) in [5.74, 6) is -0.0824. The maximum atomic E-state index is 11.0. The third kappa shape index (κ3) is 4.69. The number of hydrogen-bond donors (Lipinski definition) is 3. The van der Waals surface area contributed by atoms with Crippen molar-refractivity contribution < 1.29 is 14.6 Å². The lowest BCUT2D eigenvalue weighted by Gasteiger charge is -2.13. The molecular formula is C25H24N2O3. The molecule has 1 fully saturated rings. The zero-order valence-corrected chi connectivity index (χ0v) is 16.5. The van der Waals surface area contributed by atoms with Crippen molar-refractivity contribution in [2.45, 2.75) is 25.5 Å². The summed E-state index contributed by atoms with van der Waals surface area (Å²) in [6, 6.07) is 23.7. The average Bonchev–Trinajstić information content (AvgIpc) is 3.59. The Balaban J connectivity index is 1.37. The van der Waals surface area contributed by atoms with Gasteiger partial charge in [-0.2, -0.15) is 0 Å². The molecule has 1 aliphatic carbocycles. The van der Waals surface area contributed by atoms with E-state index in [0.717, 1.165) is 28.1 Å². The van der Waals surface area contributed by atoms with Gasteiger partial charge in [0.05, 0.1) is 5.92 Å². The molecule has 0 radical (unpaired) electrons. The molecule has 3 aromatic rings. The van der Waals surface area contributed by atoms with Gasteiger partial charge in [0, 0.05) is 24.0 Å². The molecule has 0 bridgehead atoms. The topological polar surface area (TPSA) is 82.4 Å². The number of hydrogen-bond acceptors (Lipinski definition) is 4. The largest absolute Gasteiger partial charge is 0.489 e. The van der Waals surface area contributed by atoms with E-state index in [1.165, 1.54) is 11.8 Å². The molecule has 0 aliphatic heterocycles. The summed E-state index contributed by atoms with van der Waals surface area (Å²) in [6.45, 7) is 1.10. The molecule has 0 heterocycles.